The maximum Gasteiger partial charge on any atom is 0.289 e. The summed E-state index contributed by atoms with van der Waals surface area (Å²) in [5.41, 5.74) is -0.0690. The highest BCUT2D eigenvalue weighted by Crippen LogP contribution is 2.31. The largest absolute Gasteiger partial charge is 0.379 e. The number of pyridine rings is 1. The summed E-state index contributed by atoms with van der Waals surface area (Å²) < 4.78 is 5.40. The lowest BCUT2D eigenvalue weighted by Crippen LogP contribution is -2.49. The molecule has 2 saturated heterocycles. The minimum absolute atomic E-state index is 0.0690. The molecule has 2 aliphatic heterocycles. The molecule has 0 spiro atoms. The highest BCUT2D eigenvalue weighted by atomic mass is 35.5. The van der Waals surface area contributed by atoms with Crippen LogP contribution in [0.2, 0.25) is 5.02 Å². The van der Waals surface area contributed by atoms with Gasteiger partial charge in [0.2, 0.25) is 0 Å². The molecule has 0 bridgehead atoms. The first-order chi connectivity index (χ1) is 11.1. The van der Waals surface area contributed by atoms with Gasteiger partial charge in [-0.15, -0.1) is 0 Å². The van der Waals surface area contributed by atoms with Gasteiger partial charge in [0, 0.05) is 38.3 Å². The van der Waals surface area contributed by atoms with Crippen LogP contribution in [0.5, 0.6) is 0 Å². The Labute approximate surface area is 140 Å². The lowest BCUT2D eigenvalue weighted by Gasteiger charge is -2.40. The summed E-state index contributed by atoms with van der Waals surface area (Å²) in [6.07, 6.45) is 4.67. The summed E-state index contributed by atoms with van der Waals surface area (Å²) in [7, 11) is 0. The smallest absolute Gasteiger partial charge is 0.289 e. The van der Waals surface area contributed by atoms with Crippen LogP contribution in [0.1, 0.15) is 19.3 Å². The fourth-order valence-electron chi connectivity index (χ4n) is 3.28. The van der Waals surface area contributed by atoms with Crippen molar-refractivity contribution in [3.63, 3.8) is 0 Å². The molecule has 8 heteroatoms. The number of morpholine rings is 1. The summed E-state index contributed by atoms with van der Waals surface area (Å²) in [6, 6.07) is 1.73. The maximum absolute atomic E-state index is 10.8. The number of halogens is 1. The summed E-state index contributed by atoms with van der Waals surface area (Å²) in [4.78, 5) is 19.3. The topological polar surface area (TPSA) is 71.7 Å². The van der Waals surface area contributed by atoms with Gasteiger partial charge in [-0.25, -0.2) is 4.98 Å². The third kappa shape index (κ3) is 3.91. The number of aromatic nitrogens is 1. The molecule has 126 valence electrons. The van der Waals surface area contributed by atoms with Crippen LogP contribution in [0.15, 0.2) is 12.3 Å². The average Bonchev–Trinajstić information content (AvgIpc) is 2.56. The fraction of sp³-hybridized carbons (Fsp3) is 0.667. The van der Waals surface area contributed by atoms with E-state index in [4.69, 9.17) is 16.3 Å². The van der Waals surface area contributed by atoms with Gasteiger partial charge in [0.25, 0.3) is 5.69 Å². The van der Waals surface area contributed by atoms with E-state index in [1.807, 2.05) is 0 Å². The van der Waals surface area contributed by atoms with Gasteiger partial charge in [0.05, 0.1) is 23.2 Å². The Morgan fingerprint density at radius 2 is 2.13 bits per heavy atom. The Morgan fingerprint density at radius 1 is 1.35 bits per heavy atom. The Bertz CT molecular complexity index is 566. The second-order valence-electron chi connectivity index (χ2n) is 6.01. The van der Waals surface area contributed by atoms with Crippen molar-refractivity contribution in [3.05, 3.63) is 27.4 Å². The minimum Gasteiger partial charge on any atom is -0.379 e. The van der Waals surface area contributed by atoms with E-state index in [0.717, 1.165) is 52.2 Å². The Balaban J connectivity index is 1.76. The molecule has 23 heavy (non-hydrogen) atoms. The van der Waals surface area contributed by atoms with Gasteiger partial charge in [0.15, 0.2) is 0 Å². The minimum atomic E-state index is -0.468. The van der Waals surface area contributed by atoms with Gasteiger partial charge in [-0.3, -0.25) is 15.0 Å². The number of nitro groups is 1. The van der Waals surface area contributed by atoms with E-state index in [0.29, 0.717) is 16.9 Å². The summed E-state index contributed by atoms with van der Waals surface area (Å²) in [5.74, 6) is 0.662. The molecule has 0 aromatic carbocycles. The number of ether oxygens (including phenoxy) is 1. The molecule has 3 heterocycles. The maximum atomic E-state index is 10.8. The molecule has 0 amide bonds. The van der Waals surface area contributed by atoms with Gasteiger partial charge in [0.1, 0.15) is 12.0 Å². The van der Waals surface area contributed by atoms with Crippen LogP contribution in [-0.4, -0.2) is 60.2 Å². The van der Waals surface area contributed by atoms with E-state index in [1.165, 1.54) is 18.7 Å². The number of rotatable bonds is 4. The van der Waals surface area contributed by atoms with Crippen LogP contribution >= 0.6 is 11.6 Å². The zero-order valence-electron chi connectivity index (χ0n) is 13.0. The van der Waals surface area contributed by atoms with Gasteiger partial charge in [-0.05, 0) is 19.3 Å². The second kappa shape index (κ2) is 7.42. The van der Waals surface area contributed by atoms with Crippen molar-refractivity contribution in [2.75, 3.05) is 44.3 Å². The van der Waals surface area contributed by atoms with Crippen LogP contribution in [0.4, 0.5) is 11.5 Å². The first kappa shape index (κ1) is 16.4. The zero-order chi connectivity index (χ0) is 16.2. The Morgan fingerprint density at radius 3 is 2.83 bits per heavy atom. The van der Waals surface area contributed by atoms with E-state index in [2.05, 4.69) is 14.8 Å². The third-order valence-corrected chi connectivity index (χ3v) is 4.77. The van der Waals surface area contributed by atoms with Crippen molar-refractivity contribution in [2.45, 2.75) is 25.3 Å². The quantitative estimate of drug-likeness (QED) is 0.619. The molecule has 1 atom stereocenters. The SMILES string of the molecule is O=[N+]([O-])c1cnc(N2CCCCC2CN2CCOCC2)c(Cl)c1. The third-order valence-electron chi connectivity index (χ3n) is 4.49. The van der Waals surface area contributed by atoms with E-state index >= 15 is 0 Å². The Hall–Kier alpha value is -1.44. The number of nitrogens with zero attached hydrogens (tertiary/aromatic N) is 4. The van der Waals surface area contributed by atoms with Crippen LogP contribution in [-0.2, 0) is 4.74 Å². The predicted molar refractivity (Wildman–Crippen MR) is 88.1 cm³/mol. The molecule has 0 aliphatic carbocycles. The summed E-state index contributed by atoms with van der Waals surface area (Å²) in [5, 5.41) is 11.2. The molecule has 1 aromatic rings. The number of hydrogen-bond donors (Lipinski definition) is 0. The van der Waals surface area contributed by atoms with E-state index in [9.17, 15) is 10.1 Å². The van der Waals surface area contributed by atoms with E-state index in [-0.39, 0.29) is 5.69 Å². The molecule has 1 unspecified atom stereocenters. The normalized spacial score (nSPS) is 23.0. The summed E-state index contributed by atoms with van der Waals surface area (Å²) >= 11 is 6.27. The monoisotopic (exact) mass is 340 g/mol. The lowest BCUT2D eigenvalue weighted by molar-refractivity contribution is -0.385. The van der Waals surface area contributed by atoms with E-state index in [1.54, 1.807) is 0 Å². The van der Waals surface area contributed by atoms with Crippen molar-refractivity contribution < 1.29 is 9.66 Å². The number of anilines is 1. The summed E-state index contributed by atoms with van der Waals surface area (Å²) in [6.45, 7) is 5.31. The van der Waals surface area contributed by atoms with Crippen molar-refractivity contribution >= 4 is 23.1 Å². The highest BCUT2D eigenvalue weighted by Gasteiger charge is 2.28. The molecule has 0 N–H and O–H groups in total. The van der Waals surface area contributed by atoms with Gasteiger partial charge < -0.3 is 9.64 Å². The first-order valence-corrected chi connectivity index (χ1v) is 8.39. The molecule has 2 fully saturated rings. The molecular weight excluding hydrogens is 320 g/mol. The zero-order valence-corrected chi connectivity index (χ0v) is 13.7. The molecule has 7 nitrogen and oxygen atoms in total. The lowest BCUT2D eigenvalue weighted by atomic mass is 10.0. The van der Waals surface area contributed by atoms with Crippen LogP contribution in [0, 0.1) is 10.1 Å². The van der Waals surface area contributed by atoms with Crippen molar-refractivity contribution in [1.29, 1.82) is 0 Å². The van der Waals surface area contributed by atoms with Crippen LogP contribution in [0.3, 0.4) is 0 Å². The highest BCUT2D eigenvalue weighted by molar-refractivity contribution is 6.33. The van der Waals surface area contributed by atoms with Gasteiger partial charge in [-0.2, -0.15) is 0 Å². The standard InChI is InChI=1S/C15H21ClN4O3/c16-14-9-13(20(21)22)10-17-15(14)19-4-2-1-3-12(19)11-18-5-7-23-8-6-18/h9-10,12H,1-8,11H2. The fourth-order valence-corrected chi connectivity index (χ4v) is 3.55. The Kier molecular flexibility index (Phi) is 5.30. The molecule has 0 saturated carbocycles. The van der Waals surface area contributed by atoms with Crippen LogP contribution < -0.4 is 4.90 Å². The van der Waals surface area contributed by atoms with Crippen molar-refractivity contribution in [3.8, 4) is 0 Å². The van der Waals surface area contributed by atoms with Crippen molar-refractivity contribution in [1.82, 2.24) is 9.88 Å². The van der Waals surface area contributed by atoms with E-state index < -0.39 is 4.92 Å². The molecule has 0 radical (unpaired) electrons. The second-order valence-corrected chi connectivity index (χ2v) is 6.42. The molecule has 2 aliphatic rings. The average molecular weight is 341 g/mol. The number of piperidine rings is 1. The van der Waals surface area contributed by atoms with Crippen molar-refractivity contribution in [2.24, 2.45) is 0 Å². The first-order valence-electron chi connectivity index (χ1n) is 8.02. The van der Waals surface area contributed by atoms with Gasteiger partial charge >= 0.3 is 0 Å². The molecular formula is C15H21ClN4O3. The molecule has 1 aromatic heterocycles. The predicted octanol–water partition coefficient (Wildman–Crippen LogP) is 2.33. The number of hydrogen-bond acceptors (Lipinski definition) is 6. The van der Waals surface area contributed by atoms with Crippen LogP contribution in [0.25, 0.3) is 0 Å². The van der Waals surface area contributed by atoms with Gasteiger partial charge in [-0.1, -0.05) is 11.6 Å². The molecule has 3 rings (SSSR count).